The number of ether oxygens (including phenoxy) is 1. The van der Waals surface area contributed by atoms with Crippen molar-refractivity contribution in [3.8, 4) is 5.75 Å². The van der Waals surface area contributed by atoms with Crippen LogP contribution >= 0.6 is 11.6 Å². The summed E-state index contributed by atoms with van der Waals surface area (Å²) in [4.78, 5) is 40.8. The maximum atomic E-state index is 12.8. The normalized spacial score (nSPS) is 15.7. The van der Waals surface area contributed by atoms with Gasteiger partial charge in [0.25, 0.3) is 11.5 Å². The fourth-order valence-electron chi connectivity index (χ4n) is 3.44. The first kappa shape index (κ1) is 21.0. The van der Waals surface area contributed by atoms with Crippen molar-refractivity contribution in [2.24, 2.45) is 14.1 Å². The number of anilines is 1. The summed E-state index contributed by atoms with van der Waals surface area (Å²) in [5.41, 5.74) is -0.711. The van der Waals surface area contributed by atoms with Crippen LogP contribution in [0.1, 0.15) is 13.3 Å². The van der Waals surface area contributed by atoms with Crippen molar-refractivity contribution in [2.45, 2.75) is 19.4 Å². The number of amides is 1. The lowest BCUT2D eigenvalue weighted by Gasteiger charge is -2.26. The lowest BCUT2D eigenvalue weighted by molar-refractivity contribution is -0.137. The molecule has 29 heavy (non-hydrogen) atoms. The van der Waals surface area contributed by atoms with Crippen LogP contribution in [0.15, 0.2) is 39.9 Å². The van der Waals surface area contributed by atoms with Crippen LogP contribution in [0.4, 0.5) is 5.82 Å². The smallest absolute Gasteiger partial charge is 0.332 e. The van der Waals surface area contributed by atoms with Gasteiger partial charge in [-0.05, 0) is 31.5 Å². The Bertz CT molecular complexity index is 1020. The molecule has 1 aromatic carbocycles. The SMILES string of the molecule is C[C@H](Oc1cccc(Cl)c1)C(=O)N1CCCN(c2cc(=O)n(C)c(=O)n2C)CC1. The van der Waals surface area contributed by atoms with Crippen molar-refractivity contribution in [2.75, 3.05) is 31.1 Å². The quantitative estimate of drug-likeness (QED) is 0.743. The van der Waals surface area contributed by atoms with Crippen molar-refractivity contribution in [1.82, 2.24) is 14.0 Å². The lowest BCUT2D eigenvalue weighted by atomic mass is 10.3. The first-order chi connectivity index (χ1) is 13.8. The Kier molecular flexibility index (Phi) is 6.32. The molecule has 0 saturated carbocycles. The van der Waals surface area contributed by atoms with Gasteiger partial charge in [0, 0.05) is 51.4 Å². The van der Waals surface area contributed by atoms with Gasteiger partial charge in [-0.2, -0.15) is 0 Å². The van der Waals surface area contributed by atoms with E-state index in [0.29, 0.717) is 42.8 Å². The average Bonchev–Trinajstić information content (AvgIpc) is 2.94. The summed E-state index contributed by atoms with van der Waals surface area (Å²) in [6.45, 7) is 3.95. The van der Waals surface area contributed by atoms with Gasteiger partial charge in [-0.15, -0.1) is 0 Å². The molecule has 2 heterocycles. The van der Waals surface area contributed by atoms with Crippen LogP contribution in [0.25, 0.3) is 0 Å². The standard InChI is InChI=1S/C20H25ClN4O4/c1-14(29-16-7-4-6-15(21)12-16)19(27)25-9-5-8-24(10-11-25)17-13-18(26)23(3)20(28)22(17)2/h4,6-7,12-14H,5,8-11H2,1-3H3/t14-/m0/s1. The highest BCUT2D eigenvalue weighted by atomic mass is 35.5. The van der Waals surface area contributed by atoms with E-state index in [0.717, 1.165) is 11.0 Å². The van der Waals surface area contributed by atoms with Crippen molar-refractivity contribution in [3.63, 3.8) is 0 Å². The molecule has 1 amide bonds. The number of nitrogens with zero attached hydrogens (tertiary/aromatic N) is 4. The highest BCUT2D eigenvalue weighted by Crippen LogP contribution is 2.19. The largest absolute Gasteiger partial charge is 0.481 e. The summed E-state index contributed by atoms with van der Waals surface area (Å²) in [5, 5.41) is 0.548. The number of rotatable bonds is 4. The molecule has 1 atom stereocenters. The third-order valence-corrected chi connectivity index (χ3v) is 5.32. The van der Waals surface area contributed by atoms with E-state index in [-0.39, 0.29) is 17.2 Å². The third kappa shape index (κ3) is 4.64. The summed E-state index contributed by atoms with van der Waals surface area (Å²) in [5.74, 6) is 1.00. The second-order valence-electron chi connectivity index (χ2n) is 7.12. The number of halogens is 1. The Morgan fingerprint density at radius 2 is 1.83 bits per heavy atom. The fraction of sp³-hybridized carbons (Fsp3) is 0.450. The zero-order chi connectivity index (χ0) is 21.1. The van der Waals surface area contributed by atoms with Crippen LogP contribution in [0.3, 0.4) is 0 Å². The van der Waals surface area contributed by atoms with E-state index in [1.165, 1.54) is 17.7 Å². The maximum Gasteiger partial charge on any atom is 0.332 e. The molecule has 0 radical (unpaired) electrons. The van der Waals surface area contributed by atoms with Gasteiger partial charge < -0.3 is 14.5 Å². The van der Waals surface area contributed by atoms with Crippen LogP contribution in [0.2, 0.25) is 5.02 Å². The number of hydrogen-bond donors (Lipinski definition) is 0. The Balaban J connectivity index is 1.69. The second kappa shape index (κ2) is 8.73. The predicted octanol–water partition coefficient (Wildman–Crippen LogP) is 1.24. The third-order valence-electron chi connectivity index (χ3n) is 5.09. The Hall–Kier alpha value is -2.74. The molecule has 8 nitrogen and oxygen atoms in total. The molecule has 1 fully saturated rings. The fourth-order valence-corrected chi connectivity index (χ4v) is 3.62. The maximum absolute atomic E-state index is 12.8. The van der Waals surface area contributed by atoms with Crippen molar-refractivity contribution in [1.29, 1.82) is 0 Å². The van der Waals surface area contributed by atoms with Gasteiger partial charge in [-0.3, -0.25) is 18.7 Å². The van der Waals surface area contributed by atoms with Crippen molar-refractivity contribution >= 4 is 23.3 Å². The zero-order valence-corrected chi connectivity index (χ0v) is 17.6. The van der Waals surface area contributed by atoms with Crippen LogP contribution in [-0.4, -0.2) is 52.2 Å². The molecule has 1 aromatic heterocycles. The van der Waals surface area contributed by atoms with Crippen LogP contribution in [-0.2, 0) is 18.9 Å². The topological polar surface area (TPSA) is 76.8 Å². The molecule has 0 spiro atoms. The molecule has 9 heteroatoms. The van der Waals surface area contributed by atoms with E-state index in [1.54, 1.807) is 43.1 Å². The van der Waals surface area contributed by atoms with E-state index in [4.69, 9.17) is 16.3 Å². The van der Waals surface area contributed by atoms with Gasteiger partial charge in [0.1, 0.15) is 11.6 Å². The van der Waals surface area contributed by atoms with E-state index < -0.39 is 6.10 Å². The molecular weight excluding hydrogens is 396 g/mol. The monoisotopic (exact) mass is 420 g/mol. The summed E-state index contributed by atoms with van der Waals surface area (Å²) in [6, 6.07) is 8.41. The van der Waals surface area contributed by atoms with Crippen LogP contribution < -0.4 is 20.9 Å². The predicted molar refractivity (Wildman–Crippen MR) is 112 cm³/mol. The number of carbonyl (C=O) groups excluding carboxylic acids is 1. The number of benzene rings is 1. The molecule has 2 aromatic rings. The minimum absolute atomic E-state index is 0.107. The molecule has 0 aliphatic carbocycles. The number of aromatic nitrogens is 2. The highest BCUT2D eigenvalue weighted by molar-refractivity contribution is 6.30. The van der Waals surface area contributed by atoms with Crippen molar-refractivity contribution in [3.05, 3.63) is 56.2 Å². The molecular formula is C20H25ClN4O4. The first-order valence-corrected chi connectivity index (χ1v) is 9.88. The molecule has 156 valence electrons. The molecule has 0 unspecified atom stereocenters. The summed E-state index contributed by atoms with van der Waals surface area (Å²) in [6.07, 6.45) is 0.0762. The molecule has 1 aliphatic rings. The van der Waals surface area contributed by atoms with Crippen LogP contribution in [0.5, 0.6) is 5.75 Å². The van der Waals surface area contributed by atoms with E-state index in [2.05, 4.69) is 0 Å². The van der Waals surface area contributed by atoms with Gasteiger partial charge in [0.2, 0.25) is 0 Å². The minimum Gasteiger partial charge on any atom is -0.481 e. The van der Waals surface area contributed by atoms with Crippen molar-refractivity contribution < 1.29 is 9.53 Å². The molecule has 3 rings (SSSR count). The first-order valence-electron chi connectivity index (χ1n) is 9.51. The van der Waals surface area contributed by atoms with Gasteiger partial charge in [0.15, 0.2) is 6.10 Å². The summed E-state index contributed by atoms with van der Waals surface area (Å²) >= 11 is 5.97. The Labute approximate surface area is 173 Å². The number of hydrogen-bond acceptors (Lipinski definition) is 5. The van der Waals surface area contributed by atoms with E-state index >= 15 is 0 Å². The van der Waals surface area contributed by atoms with Gasteiger partial charge in [-0.1, -0.05) is 17.7 Å². The summed E-state index contributed by atoms with van der Waals surface area (Å²) < 4.78 is 8.28. The van der Waals surface area contributed by atoms with Gasteiger partial charge >= 0.3 is 5.69 Å². The molecule has 0 N–H and O–H groups in total. The highest BCUT2D eigenvalue weighted by Gasteiger charge is 2.25. The van der Waals surface area contributed by atoms with Crippen LogP contribution in [0, 0.1) is 0 Å². The number of carbonyl (C=O) groups is 1. The average molecular weight is 421 g/mol. The Morgan fingerprint density at radius 1 is 1.07 bits per heavy atom. The molecule has 0 bridgehead atoms. The van der Waals surface area contributed by atoms with E-state index in [1.807, 2.05) is 4.90 Å². The lowest BCUT2D eigenvalue weighted by Crippen LogP contribution is -2.43. The molecule has 1 aliphatic heterocycles. The second-order valence-corrected chi connectivity index (χ2v) is 7.56. The van der Waals surface area contributed by atoms with Gasteiger partial charge in [0.05, 0.1) is 0 Å². The summed E-state index contributed by atoms with van der Waals surface area (Å²) in [7, 11) is 3.10. The minimum atomic E-state index is -0.645. The van der Waals surface area contributed by atoms with E-state index in [9.17, 15) is 14.4 Å². The Morgan fingerprint density at radius 3 is 2.55 bits per heavy atom. The zero-order valence-electron chi connectivity index (χ0n) is 16.8. The van der Waals surface area contributed by atoms with Gasteiger partial charge in [-0.25, -0.2) is 4.79 Å². The molecule has 1 saturated heterocycles.